The number of rotatable bonds is 1. The van der Waals surface area contributed by atoms with Gasteiger partial charge in [-0.25, -0.2) is 0 Å². The van der Waals surface area contributed by atoms with Gasteiger partial charge in [-0.2, -0.15) is 0 Å². The van der Waals surface area contributed by atoms with Crippen LogP contribution in [-0.4, -0.2) is 4.98 Å². The maximum atomic E-state index is 12.4. The zero-order valence-corrected chi connectivity index (χ0v) is 12.4. The number of hydrogen-bond acceptors (Lipinski definition) is 1. The maximum absolute atomic E-state index is 12.4. The van der Waals surface area contributed by atoms with Crippen LogP contribution in [0.15, 0.2) is 71.7 Å². The first kappa shape index (κ1) is 13.1. The van der Waals surface area contributed by atoms with E-state index in [1.165, 1.54) is 0 Å². The molecule has 0 amide bonds. The molecule has 0 bridgehead atoms. The van der Waals surface area contributed by atoms with E-state index in [0.717, 1.165) is 27.3 Å². The minimum Gasteiger partial charge on any atom is -0.328 e. The van der Waals surface area contributed by atoms with Crippen molar-refractivity contribution in [2.75, 3.05) is 0 Å². The molecular formula is C19H12ClNO. The Bertz CT molecular complexity index is 1050. The van der Waals surface area contributed by atoms with Crippen molar-refractivity contribution in [2.45, 2.75) is 0 Å². The highest BCUT2D eigenvalue weighted by Gasteiger charge is 2.10. The number of aromatic nitrogens is 1. The predicted molar refractivity (Wildman–Crippen MR) is 92.5 cm³/mol. The van der Waals surface area contributed by atoms with Gasteiger partial charge in [-0.1, -0.05) is 60.1 Å². The Morgan fingerprint density at radius 3 is 2.45 bits per heavy atom. The molecule has 1 aromatic heterocycles. The van der Waals surface area contributed by atoms with E-state index < -0.39 is 0 Å². The van der Waals surface area contributed by atoms with Crippen LogP contribution in [0.3, 0.4) is 0 Å². The Morgan fingerprint density at radius 1 is 0.864 bits per heavy atom. The predicted octanol–water partition coefficient (Wildman–Crippen LogP) is 5.00. The number of hydrogen-bond donors (Lipinski definition) is 1. The summed E-state index contributed by atoms with van der Waals surface area (Å²) in [6.07, 6.45) is 1.77. The lowest BCUT2D eigenvalue weighted by Gasteiger charge is -2.09. The average molecular weight is 306 g/mol. The summed E-state index contributed by atoms with van der Waals surface area (Å²) < 4.78 is 0. The fourth-order valence-electron chi connectivity index (χ4n) is 2.91. The Morgan fingerprint density at radius 2 is 1.64 bits per heavy atom. The van der Waals surface area contributed by atoms with Crippen molar-refractivity contribution in [3.63, 3.8) is 0 Å². The molecule has 1 N–H and O–H groups in total. The fraction of sp³-hybridized carbons (Fsp3) is 0. The molecule has 4 aromatic rings. The Balaban J connectivity index is 2.19. The molecular weight excluding hydrogens is 294 g/mol. The van der Waals surface area contributed by atoms with Gasteiger partial charge in [-0.15, -0.1) is 0 Å². The van der Waals surface area contributed by atoms with Gasteiger partial charge in [0, 0.05) is 16.8 Å². The SMILES string of the molecule is O=c1[nH]cc(-c2ccccc2)c2ccc3ccc(Cl)cc3c12. The van der Waals surface area contributed by atoms with Crippen molar-refractivity contribution in [1.82, 2.24) is 4.98 Å². The van der Waals surface area contributed by atoms with E-state index in [4.69, 9.17) is 11.6 Å². The van der Waals surface area contributed by atoms with Crippen molar-refractivity contribution >= 4 is 33.1 Å². The maximum Gasteiger partial charge on any atom is 0.256 e. The second-order valence-electron chi connectivity index (χ2n) is 5.25. The van der Waals surface area contributed by atoms with Crippen LogP contribution in [0.2, 0.25) is 5.02 Å². The van der Waals surface area contributed by atoms with Crippen LogP contribution >= 0.6 is 11.6 Å². The van der Waals surface area contributed by atoms with E-state index in [1.54, 1.807) is 6.20 Å². The summed E-state index contributed by atoms with van der Waals surface area (Å²) >= 11 is 6.12. The van der Waals surface area contributed by atoms with Gasteiger partial charge in [0.1, 0.15) is 0 Å². The molecule has 0 aliphatic carbocycles. The normalized spacial score (nSPS) is 11.1. The molecule has 0 spiro atoms. The first-order chi connectivity index (χ1) is 10.7. The number of aromatic amines is 1. The Labute approximate surface area is 132 Å². The lowest BCUT2D eigenvalue weighted by Crippen LogP contribution is -2.06. The van der Waals surface area contributed by atoms with Crippen LogP contribution in [0.4, 0.5) is 0 Å². The molecule has 22 heavy (non-hydrogen) atoms. The number of pyridine rings is 1. The third-order valence-electron chi connectivity index (χ3n) is 3.93. The number of halogens is 1. The molecule has 0 radical (unpaired) electrons. The van der Waals surface area contributed by atoms with E-state index in [2.05, 4.69) is 4.98 Å². The number of H-pyrrole nitrogens is 1. The van der Waals surface area contributed by atoms with Gasteiger partial charge in [0.25, 0.3) is 5.56 Å². The summed E-state index contributed by atoms with van der Waals surface area (Å²) in [4.78, 5) is 15.2. The topological polar surface area (TPSA) is 32.9 Å². The van der Waals surface area contributed by atoms with Crippen molar-refractivity contribution in [1.29, 1.82) is 0 Å². The van der Waals surface area contributed by atoms with Gasteiger partial charge in [0.15, 0.2) is 0 Å². The fourth-order valence-corrected chi connectivity index (χ4v) is 3.08. The Hall–Kier alpha value is -2.58. The highest BCUT2D eigenvalue weighted by atomic mass is 35.5. The molecule has 2 nitrogen and oxygen atoms in total. The third-order valence-corrected chi connectivity index (χ3v) is 4.17. The number of nitrogens with one attached hydrogen (secondary N) is 1. The van der Waals surface area contributed by atoms with E-state index in [-0.39, 0.29) is 5.56 Å². The van der Waals surface area contributed by atoms with E-state index in [0.29, 0.717) is 10.4 Å². The molecule has 106 valence electrons. The molecule has 3 aromatic carbocycles. The van der Waals surface area contributed by atoms with E-state index in [1.807, 2.05) is 60.7 Å². The molecule has 4 rings (SSSR count). The Kier molecular flexibility index (Phi) is 2.98. The quantitative estimate of drug-likeness (QED) is 0.493. The van der Waals surface area contributed by atoms with Crippen LogP contribution < -0.4 is 5.56 Å². The molecule has 1 heterocycles. The van der Waals surface area contributed by atoms with Crippen molar-refractivity contribution in [3.8, 4) is 11.1 Å². The monoisotopic (exact) mass is 305 g/mol. The van der Waals surface area contributed by atoms with Gasteiger partial charge in [-0.3, -0.25) is 4.79 Å². The standard InChI is InChI=1S/C19H12ClNO/c20-14-8-6-13-7-9-15-17(12-4-2-1-3-5-12)11-21-19(22)18(15)16(13)10-14/h1-11H,(H,21,22). The van der Waals surface area contributed by atoms with E-state index >= 15 is 0 Å². The average Bonchev–Trinajstić information content (AvgIpc) is 2.55. The lowest BCUT2D eigenvalue weighted by molar-refractivity contribution is 1.28. The lowest BCUT2D eigenvalue weighted by atomic mass is 9.97. The van der Waals surface area contributed by atoms with Crippen molar-refractivity contribution in [3.05, 3.63) is 82.2 Å². The minimum atomic E-state index is -0.0949. The molecule has 0 fully saturated rings. The highest BCUT2D eigenvalue weighted by molar-refractivity contribution is 6.32. The second kappa shape index (κ2) is 5.00. The molecule has 0 aliphatic heterocycles. The molecule has 0 atom stereocenters. The number of fused-ring (bicyclic) bond motifs is 3. The molecule has 0 unspecified atom stereocenters. The minimum absolute atomic E-state index is 0.0949. The van der Waals surface area contributed by atoms with Crippen molar-refractivity contribution < 1.29 is 0 Å². The largest absolute Gasteiger partial charge is 0.328 e. The van der Waals surface area contributed by atoms with Gasteiger partial charge in [-0.05, 0) is 33.9 Å². The molecule has 0 saturated carbocycles. The van der Waals surface area contributed by atoms with Gasteiger partial charge in [0.2, 0.25) is 0 Å². The van der Waals surface area contributed by atoms with Gasteiger partial charge < -0.3 is 4.98 Å². The van der Waals surface area contributed by atoms with Crippen LogP contribution in [0.5, 0.6) is 0 Å². The summed E-state index contributed by atoms with van der Waals surface area (Å²) in [5.41, 5.74) is 1.99. The molecule has 3 heteroatoms. The summed E-state index contributed by atoms with van der Waals surface area (Å²) in [7, 11) is 0. The van der Waals surface area contributed by atoms with Gasteiger partial charge in [0.05, 0.1) is 5.39 Å². The molecule has 0 aliphatic rings. The van der Waals surface area contributed by atoms with Crippen LogP contribution in [0.1, 0.15) is 0 Å². The summed E-state index contributed by atoms with van der Waals surface area (Å²) in [6, 6.07) is 19.7. The molecule has 0 saturated heterocycles. The van der Waals surface area contributed by atoms with Crippen LogP contribution in [0.25, 0.3) is 32.7 Å². The van der Waals surface area contributed by atoms with Crippen LogP contribution in [-0.2, 0) is 0 Å². The van der Waals surface area contributed by atoms with Crippen molar-refractivity contribution in [2.24, 2.45) is 0 Å². The zero-order valence-electron chi connectivity index (χ0n) is 11.6. The highest BCUT2D eigenvalue weighted by Crippen LogP contribution is 2.31. The summed E-state index contributed by atoms with van der Waals surface area (Å²) in [6.45, 7) is 0. The first-order valence-electron chi connectivity index (χ1n) is 7.03. The summed E-state index contributed by atoms with van der Waals surface area (Å²) in [5, 5.41) is 4.13. The zero-order chi connectivity index (χ0) is 15.1. The summed E-state index contributed by atoms with van der Waals surface area (Å²) in [5.74, 6) is 0. The second-order valence-corrected chi connectivity index (χ2v) is 5.69. The third kappa shape index (κ3) is 2.00. The first-order valence-corrected chi connectivity index (χ1v) is 7.41. The van der Waals surface area contributed by atoms with Crippen LogP contribution in [0, 0.1) is 0 Å². The van der Waals surface area contributed by atoms with E-state index in [9.17, 15) is 4.79 Å². The number of benzene rings is 3. The smallest absolute Gasteiger partial charge is 0.256 e. The van der Waals surface area contributed by atoms with Gasteiger partial charge >= 0.3 is 0 Å².